The number of nitrogens with one attached hydrogen (secondary N) is 1. The summed E-state index contributed by atoms with van der Waals surface area (Å²) in [4.78, 5) is 29.9. The molecule has 1 aliphatic rings. The third-order valence-electron chi connectivity index (χ3n) is 4.44. The van der Waals surface area contributed by atoms with Gasteiger partial charge in [-0.25, -0.2) is 4.79 Å². The molecule has 0 aliphatic carbocycles. The van der Waals surface area contributed by atoms with E-state index in [-0.39, 0.29) is 5.91 Å². The summed E-state index contributed by atoms with van der Waals surface area (Å²) >= 11 is 0. The Balaban J connectivity index is 1.53. The molecule has 1 N–H and O–H groups in total. The van der Waals surface area contributed by atoms with Crippen molar-refractivity contribution >= 4 is 12.0 Å². The van der Waals surface area contributed by atoms with E-state index in [0.717, 1.165) is 17.7 Å². The number of amides is 2. The van der Waals surface area contributed by atoms with Crippen LogP contribution < -0.4 is 10.1 Å². The summed E-state index contributed by atoms with van der Waals surface area (Å²) < 4.78 is 10.5. The van der Waals surface area contributed by atoms with Gasteiger partial charge in [-0.05, 0) is 42.7 Å². The van der Waals surface area contributed by atoms with Crippen molar-refractivity contribution in [2.24, 2.45) is 0 Å². The van der Waals surface area contributed by atoms with Gasteiger partial charge in [-0.15, -0.1) is 0 Å². The van der Waals surface area contributed by atoms with Gasteiger partial charge in [0.25, 0.3) is 0 Å². The Morgan fingerprint density at radius 2 is 2.15 bits per heavy atom. The second kappa shape index (κ2) is 9.02. The highest BCUT2D eigenvalue weighted by Gasteiger charge is 2.34. The van der Waals surface area contributed by atoms with Crippen LogP contribution in [0.5, 0.6) is 5.75 Å². The normalized spacial score (nSPS) is 16.0. The van der Waals surface area contributed by atoms with Gasteiger partial charge < -0.3 is 14.8 Å². The molecule has 1 aliphatic heterocycles. The van der Waals surface area contributed by atoms with Crippen LogP contribution in [0.25, 0.3) is 0 Å². The fourth-order valence-corrected chi connectivity index (χ4v) is 3.07. The molecule has 1 unspecified atom stereocenters. The molecule has 0 bridgehead atoms. The third-order valence-corrected chi connectivity index (χ3v) is 4.44. The van der Waals surface area contributed by atoms with Crippen molar-refractivity contribution < 1.29 is 19.1 Å². The van der Waals surface area contributed by atoms with E-state index in [2.05, 4.69) is 10.3 Å². The minimum atomic E-state index is -0.471. The fraction of sp³-hybridized carbons (Fsp3) is 0.350. The first-order chi connectivity index (χ1) is 13.2. The van der Waals surface area contributed by atoms with Crippen molar-refractivity contribution in [3.63, 3.8) is 0 Å². The minimum Gasteiger partial charge on any atom is -0.487 e. The Morgan fingerprint density at radius 3 is 2.93 bits per heavy atom. The van der Waals surface area contributed by atoms with E-state index in [4.69, 9.17) is 9.47 Å². The van der Waals surface area contributed by atoms with Gasteiger partial charge in [0.05, 0.1) is 12.8 Å². The number of hydrogen-bond donors (Lipinski definition) is 1. The number of benzene rings is 1. The van der Waals surface area contributed by atoms with Crippen LogP contribution in [0.15, 0.2) is 48.7 Å². The van der Waals surface area contributed by atoms with Crippen LogP contribution in [-0.4, -0.2) is 41.6 Å². The lowest BCUT2D eigenvalue weighted by atomic mass is 10.2. The van der Waals surface area contributed by atoms with Crippen molar-refractivity contribution in [3.8, 4) is 5.75 Å². The Kier molecular flexibility index (Phi) is 6.25. The average molecular weight is 369 g/mol. The second-order valence-electron chi connectivity index (χ2n) is 6.30. The lowest BCUT2D eigenvalue weighted by molar-refractivity contribution is -0.125. The molecule has 7 heteroatoms. The summed E-state index contributed by atoms with van der Waals surface area (Å²) in [6, 6.07) is 12.8. The van der Waals surface area contributed by atoms with E-state index in [1.54, 1.807) is 6.20 Å². The highest BCUT2D eigenvalue weighted by Crippen LogP contribution is 2.19. The lowest BCUT2D eigenvalue weighted by Crippen LogP contribution is -2.45. The molecule has 1 atom stereocenters. The molecule has 1 fully saturated rings. The molecule has 0 radical (unpaired) electrons. The van der Waals surface area contributed by atoms with Crippen LogP contribution in [0.2, 0.25) is 0 Å². The molecular weight excluding hydrogens is 346 g/mol. The van der Waals surface area contributed by atoms with Crippen molar-refractivity contribution in [1.29, 1.82) is 0 Å². The van der Waals surface area contributed by atoms with Gasteiger partial charge in [0.2, 0.25) is 5.91 Å². The molecule has 0 spiro atoms. The molecule has 1 aromatic carbocycles. The molecule has 2 heterocycles. The smallest absolute Gasteiger partial charge is 0.410 e. The maximum absolute atomic E-state index is 12.4. The Labute approximate surface area is 158 Å². The molecular formula is C20H23N3O4. The topological polar surface area (TPSA) is 80.8 Å². The number of carbonyl (C=O) groups excluding carboxylic acids is 2. The SMILES string of the molecule is COC(=O)N1CCCC1C(=O)NCc1cccc(OCc2ccccn2)c1. The van der Waals surface area contributed by atoms with E-state index in [0.29, 0.717) is 31.9 Å². The van der Waals surface area contributed by atoms with E-state index >= 15 is 0 Å². The second-order valence-corrected chi connectivity index (χ2v) is 6.30. The van der Waals surface area contributed by atoms with Crippen LogP contribution in [-0.2, 0) is 22.7 Å². The number of carbonyl (C=O) groups is 2. The molecule has 1 saturated heterocycles. The number of methoxy groups -OCH3 is 1. The van der Waals surface area contributed by atoms with E-state index in [1.807, 2.05) is 42.5 Å². The zero-order valence-corrected chi connectivity index (χ0v) is 15.3. The number of hydrogen-bond acceptors (Lipinski definition) is 5. The summed E-state index contributed by atoms with van der Waals surface area (Å²) in [5.41, 5.74) is 1.77. The Bertz CT molecular complexity index is 782. The summed E-state index contributed by atoms with van der Waals surface area (Å²) in [6.45, 7) is 1.29. The minimum absolute atomic E-state index is 0.169. The van der Waals surface area contributed by atoms with Gasteiger partial charge in [-0.1, -0.05) is 18.2 Å². The first-order valence-electron chi connectivity index (χ1n) is 8.91. The molecule has 2 amide bonds. The summed E-state index contributed by atoms with van der Waals surface area (Å²) in [5.74, 6) is 0.544. The highest BCUT2D eigenvalue weighted by atomic mass is 16.5. The van der Waals surface area contributed by atoms with E-state index < -0.39 is 12.1 Å². The predicted molar refractivity (Wildman–Crippen MR) is 99.0 cm³/mol. The Morgan fingerprint density at radius 1 is 1.26 bits per heavy atom. The van der Waals surface area contributed by atoms with Gasteiger partial charge in [0.15, 0.2) is 0 Å². The van der Waals surface area contributed by atoms with E-state index in [1.165, 1.54) is 12.0 Å². The summed E-state index contributed by atoms with van der Waals surface area (Å²) in [7, 11) is 1.33. The number of pyridine rings is 1. The van der Waals surface area contributed by atoms with Gasteiger partial charge in [0.1, 0.15) is 18.4 Å². The zero-order valence-electron chi connectivity index (χ0n) is 15.3. The quantitative estimate of drug-likeness (QED) is 0.846. The van der Waals surface area contributed by atoms with Gasteiger partial charge in [0, 0.05) is 19.3 Å². The monoisotopic (exact) mass is 369 g/mol. The highest BCUT2D eigenvalue weighted by molar-refractivity contribution is 5.86. The van der Waals surface area contributed by atoms with Crippen molar-refractivity contribution in [1.82, 2.24) is 15.2 Å². The average Bonchev–Trinajstić information content (AvgIpc) is 3.21. The zero-order chi connectivity index (χ0) is 19.1. The summed E-state index contributed by atoms with van der Waals surface area (Å²) in [5, 5.41) is 2.89. The Hall–Kier alpha value is -3.09. The van der Waals surface area contributed by atoms with Crippen LogP contribution >= 0.6 is 0 Å². The standard InChI is InChI=1S/C20H23N3O4/c1-26-20(25)23-11-5-9-18(23)19(24)22-13-15-6-4-8-17(12-15)27-14-16-7-2-3-10-21-16/h2-4,6-8,10,12,18H,5,9,11,13-14H2,1H3,(H,22,24). The van der Waals surface area contributed by atoms with E-state index in [9.17, 15) is 9.59 Å². The van der Waals surface area contributed by atoms with Gasteiger partial charge in [-0.3, -0.25) is 14.7 Å². The lowest BCUT2D eigenvalue weighted by Gasteiger charge is -2.22. The van der Waals surface area contributed by atoms with Gasteiger partial charge in [-0.2, -0.15) is 0 Å². The van der Waals surface area contributed by atoms with Crippen LogP contribution in [0.1, 0.15) is 24.1 Å². The number of nitrogens with zero attached hydrogens (tertiary/aromatic N) is 2. The van der Waals surface area contributed by atoms with Crippen molar-refractivity contribution in [2.45, 2.75) is 32.0 Å². The summed E-state index contributed by atoms with van der Waals surface area (Å²) in [6.07, 6.45) is 2.71. The fourth-order valence-electron chi connectivity index (χ4n) is 3.07. The number of likely N-dealkylation sites (tertiary alicyclic amines) is 1. The van der Waals surface area contributed by atoms with Gasteiger partial charge >= 0.3 is 6.09 Å². The molecule has 1 aromatic heterocycles. The van der Waals surface area contributed by atoms with Crippen molar-refractivity contribution in [3.05, 3.63) is 59.9 Å². The molecule has 2 aromatic rings. The van der Waals surface area contributed by atoms with Crippen LogP contribution in [0.4, 0.5) is 4.79 Å². The first kappa shape index (κ1) is 18.7. The van der Waals surface area contributed by atoms with Crippen molar-refractivity contribution in [2.75, 3.05) is 13.7 Å². The number of rotatable bonds is 6. The third kappa shape index (κ3) is 4.97. The molecule has 0 saturated carbocycles. The molecule has 3 rings (SSSR count). The molecule has 7 nitrogen and oxygen atoms in total. The predicted octanol–water partition coefficient (Wildman–Crippen LogP) is 2.51. The molecule has 27 heavy (non-hydrogen) atoms. The largest absolute Gasteiger partial charge is 0.487 e. The maximum Gasteiger partial charge on any atom is 0.410 e. The van der Waals surface area contributed by atoms with Crippen LogP contribution in [0, 0.1) is 0 Å². The number of aromatic nitrogens is 1. The van der Waals surface area contributed by atoms with Crippen LogP contribution in [0.3, 0.4) is 0 Å². The maximum atomic E-state index is 12.4. The molecule has 142 valence electrons. The number of ether oxygens (including phenoxy) is 2. The first-order valence-corrected chi connectivity index (χ1v) is 8.91.